The molecular formula is C14H17BrN2O2. The van der Waals surface area contributed by atoms with Crippen molar-refractivity contribution < 1.29 is 9.47 Å². The molecule has 0 aliphatic rings. The van der Waals surface area contributed by atoms with E-state index in [2.05, 4.69) is 25.9 Å². The fraction of sp³-hybridized carbons (Fsp3) is 0.429. The van der Waals surface area contributed by atoms with Crippen molar-refractivity contribution in [2.45, 2.75) is 25.9 Å². The smallest absolute Gasteiger partial charge is 0.148 e. The summed E-state index contributed by atoms with van der Waals surface area (Å²) in [5, 5.41) is 0. The molecule has 0 fully saturated rings. The molecule has 0 unspecified atom stereocenters. The van der Waals surface area contributed by atoms with Gasteiger partial charge in [-0.3, -0.25) is 4.98 Å². The lowest BCUT2D eigenvalue weighted by atomic mass is 10.1. The van der Waals surface area contributed by atoms with E-state index in [0.29, 0.717) is 6.61 Å². The zero-order chi connectivity index (χ0) is 13.9. The molecule has 0 saturated heterocycles. The minimum absolute atomic E-state index is 0.181. The Bertz CT molecular complexity index is 572. The van der Waals surface area contributed by atoms with Crippen LogP contribution in [0.3, 0.4) is 0 Å². The van der Waals surface area contributed by atoms with Gasteiger partial charge in [-0.1, -0.05) is 0 Å². The fourth-order valence-corrected chi connectivity index (χ4v) is 1.93. The molecule has 0 bridgehead atoms. The van der Waals surface area contributed by atoms with Gasteiger partial charge >= 0.3 is 0 Å². The zero-order valence-corrected chi connectivity index (χ0v) is 12.9. The number of pyridine rings is 2. The van der Waals surface area contributed by atoms with Crippen molar-refractivity contribution in [1.29, 1.82) is 0 Å². The first-order valence-corrected chi connectivity index (χ1v) is 6.89. The number of fused-ring (bicyclic) bond motifs is 1. The summed E-state index contributed by atoms with van der Waals surface area (Å²) in [6, 6.07) is 3.76. The number of rotatable bonds is 5. The van der Waals surface area contributed by atoms with Gasteiger partial charge < -0.3 is 9.47 Å². The van der Waals surface area contributed by atoms with E-state index in [-0.39, 0.29) is 5.60 Å². The van der Waals surface area contributed by atoms with Gasteiger partial charge in [0.2, 0.25) is 0 Å². The van der Waals surface area contributed by atoms with E-state index in [1.807, 2.05) is 26.0 Å². The number of methoxy groups -OCH3 is 1. The second kappa shape index (κ2) is 5.84. The SMILES string of the molecule is COC(C)(C)CCOc1ccnc2cc(Br)cnc12. The molecule has 0 radical (unpaired) electrons. The standard InChI is InChI=1S/C14H17BrN2O2/c1-14(2,18-3)5-7-19-12-4-6-16-11-8-10(15)9-17-13(11)12/h4,6,8-9H,5,7H2,1-3H3. The third kappa shape index (κ3) is 3.64. The normalized spacial score (nSPS) is 11.8. The Hall–Kier alpha value is -1.20. The molecule has 4 nitrogen and oxygen atoms in total. The molecule has 0 aromatic carbocycles. The van der Waals surface area contributed by atoms with E-state index in [4.69, 9.17) is 9.47 Å². The Kier molecular flexibility index (Phi) is 4.37. The van der Waals surface area contributed by atoms with Gasteiger partial charge in [-0.2, -0.15) is 0 Å². The largest absolute Gasteiger partial charge is 0.491 e. The van der Waals surface area contributed by atoms with Gasteiger partial charge in [0.15, 0.2) is 0 Å². The molecule has 2 rings (SSSR count). The number of ether oxygens (including phenoxy) is 2. The molecule has 0 aliphatic heterocycles. The molecule has 5 heteroatoms. The first-order valence-electron chi connectivity index (χ1n) is 6.10. The highest BCUT2D eigenvalue weighted by atomic mass is 79.9. The Morgan fingerprint density at radius 2 is 2.11 bits per heavy atom. The van der Waals surface area contributed by atoms with Gasteiger partial charge in [0.1, 0.15) is 11.3 Å². The van der Waals surface area contributed by atoms with Crippen LogP contribution in [0.25, 0.3) is 11.0 Å². The maximum absolute atomic E-state index is 5.80. The topological polar surface area (TPSA) is 44.2 Å². The molecular weight excluding hydrogens is 308 g/mol. The van der Waals surface area contributed by atoms with Crippen molar-refractivity contribution in [3.05, 3.63) is 29.0 Å². The molecule has 0 aliphatic carbocycles. The molecule has 2 aromatic heterocycles. The Morgan fingerprint density at radius 1 is 1.32 bits per heavy atom. The zero-order valence-electron chi connectivity index (χ0n) is 11.3. The lowest BCUT2D eigenvalue weighted by Gasteiger charge is -2.22. The summed E-state index contributed by atoms with van der Waals surface area (Å²) in [6.07, 6.45) is 4.28. The molecule has 2 heterocycles. The van der Waals surface area contributed by atoms with Crippen molar-refractivity contribution in [2.24, 2.45) is 0 Å². The summed E-state index contributed by atoms with van der Waals surface area (Å²) >= 11 is 3.39. The number of hydrogen-bond acceptors (Lipinski definition) is 4. The monoisotopic (exact) mass is 324 g/mol. The van der Waals surface area contributed by atoms with Gasteiger partial charge in [-0.25, -0.2) is 4.98 Å². The molecule has 2 aromatic rings. The van der Waals surface area contributed by atoms with E-state index in [1.54, 1.807) is 19.5 Å². The van der Waals surface area contributed by atoms with E-state index in [0.717, 1.165) is 27.7 Å². The molecule has 0 spiro atoms. The number of hydrogen-bond donors (Lipinski definition) is 0. The second-order valence-electron chi connectivity index (χ2n) is 4.89. The lowest BCUT2D eigenvalue weighted by Crippen LogP contribution is -2.25. The summed E-state index contributed by atoms with van der Waals surface area (Å²) in [5.74, 6) is 0.754. The van der Waals surface area contributed by atoms with Crippen LogP contribution >= 0.6 is 15.9 Å². The van der Waals surface area contributed by atoms with Gasteiger partial charge in [-0.15, -0.1) is 0 Å². The minimum atomic E-state index is -0.181. The molecule has 102 valence electrons. The molecule has 0 atom stereocenters. The molecule has 0 saturated carbocycles. The van der Waals surface area contributed by atoms with Gasteiger partial charge in [0.05, 0.1) is 17.7 Å². The Morgan fingerprint density at radius 3 is 2.84 bits per heavy atom. The lowest BCUT2D eigenvalue weighted by molar-refractivity contribution is 0.00556. The Labute approximate surface area is 121 Å². The van der Waals surface area contributed by atoms with Crippen molar-refractivity contribution in [2.75, 3.05) is 13.7 Å². The fourth-order valence-electron chi connectivity index (χ4n) is 1.61. The van der Waals surface area contributed by atoms with Crippen LogP contribution in [0.4, 0.5) is 0 Å². The summed E-state index contributed by atoms with van der Waals surface area (Å²) in [4.78, 5) is 8.63. The van der Waals surface area contributed by atoms with E-state index >= 15 is 0 Å². The third-order valence-corrected chi connectivity index (χ3v) is 3.46. The van der Waals surface area contributed by atoms with Crippen LogP contribution in [0.5, 0.6) is 5.75 Å². The summed E-state index contributed by atoms with van der Waals surface area (Å²) in [5.41, 5.74) is 1.41. The van der Waals surface area contributed by atoms with Gasteiger partial charge in [0, 0.05) is 36.5 Å². The maximum Gasteiger partial charge on any atom is 0.148 e. The van der Waals surface area contributed by atoms with Crippen LogP contribution < -0.4 is 4.74 Å². The summed E-state index contributed by atoms with van der Waals surface area (Å²) in [7, 11) is 1.71. The third-order valence-electron chi connectivity index (χ3n) is 3.02. The van der Waals surface area contributed by atoms with E-state index < -0.39 is 0 Å². The molecule has 0 N–H and O–H groups in total. The van der Waals surface area contributed by atoms with E-state index in [9.17, 15) is 0 Å². The van der Waals surface area contributed by atoms with Crippen LogP contribution in [0.2, 0.25) is 0 Å². The van der Waals surface area contributed by atoms with Gasteiger partial charge in [-0.05, 0) is 35.8 Å². The highest BCUT2D eigenvalue weighted by Gasteiger charge is 2.16. The van der Waals surface area contributed by atoms with Crippen molar-refractivity contribution in [3.63, 3.8) is 0 Å². The van der Waals surface area contributed by atoms with Gasteiger partial charge in [0.25, 0.3) is 0 Å². The predicted octanol–water partition coefficient (Wildman–Crippen LogP) is 3.59. The number of halogens is 1. The predicted molar refractivity (Wildman–Crippen MR) is 78.4 cm³/mol. The number of nitrogens with zero attached hydrogens (tertiary/aromatic N) is 2. The average molecular weight is 325 g/mol. The highest BCUT2D eigenvalue weighted by molar-refractivity contribution is 9.10. The first kappa shape index (κ1) is 14.2. The summed E-state index contributed by atoms with van der Waals surface area (Å²) < 4.78 is 12.1. The van der Waals surface area contributed by atoms with Crippen molar-refractivity contribution >= 4 is 27.0 Å². The van der Waals surface area contributed by atoms with Crippen molar-refractivity contribution in [3.8, 4) is 5.75 Å². The second-order valence-corrected chi connectivity index (χ2v) is 5.81. The van der Waals surface area contributed by atoms with Crippen LogP contribution in [0, 0.1) is 0 Å². The summed E-state index contributed by atoms with van der Waals surface area (Å²) in [6.45, 7) is 4.66. The molecule has 19 heavy (non-hydrogen) atoms. The highest BCUT2D eigenvalue weighted by Crippen LogP contribution is 2.24. The average Bonchev–Trinajstić information content (AvgIpc) is 2.38. The minimum Gasteiger partial charge on any atom is -0.491 e. The van der Waals surface area contributed by atoms with Crippen LogP contribution in [-0.2, 0) is 4.74 Å². The quantitative estimate of drug-likeness (QED) is 0.843. The Balaban J connectivity index is 2.13. The van der Waals surface area contributed by atoms with Crippen LogP contribution in [0.1, 0.15) is 20.3 Å². The molecule has 0 amide bonds. The van der Waals surface area contributed by atoms with E-state index in [1.165, 1.54) is 0 Å². The first-order chi connectivity index (χ1) is 9.02. The van der Waals surface area contributed by atoms with Crippen LogP contribution in [0.15, 0.2) is 29.0 Å². The van der Waals surface area contributed by atoms with Crippen molar-refractivity contribution in [1.82, 2.24) is 9.97 Å². The maximum atomic E-state index is 5.80. The van der Waals surface area contributed by atoms with Crippen LogP contribution in [-0.4, -0.2) is 29.3 Å². The number of aromatic nitrogens is 2.